The van der Waals surface area contributed by atoms with Crippen molar-refractivity contribution in [2.45, 2.75) is 4.90 Å². The van der Waals surface area contributed by atoms with Gasteiger partial charge in [-0.05, 0) is 12.1 Å². The molecule has 0 radical (unpaired) electrons. The number of nitrogens with one attached hydrogen (secondary N) is 2. The molecular weight excluding hydrogens is 413 g/mol. The van der Waals surface area contributed by atoms with Gasteiger partial charge in [0.05, 0.1) is 9.82 Å². The van der Waals surface area contributed by atoms with Gasteiger partial charge < -0.3 is 5.43 Å². The predicted molar refractivity (Wildman–Crippen MR) is 78.3 cm³/mol. The largest absolute Gasteiger partial charge is 0.302 e. The van der Waals surface area contributed by atoms with Crippen LogP contribution in [0.5, 0.6) is 0 Å². The monoisotopic (exact) mass is 417 g/mol. The van der Waals surface area contributed by atoms with E-state index in [1.54, 1.807) is 0 Å². The Kier molecular flexibility index (Phi) is 5.34. The summed E-state index contributed by atoms with van der Waals surface area (Å²) in [5.74, 6) is -11.7. The van der Waals surface area contributed by atoms with Crippen LogP contribution in [-0.4, -0.2) is 13.3 Å². The Bertz CT molecular complexity index is 989. The fraction of sp³-hybridized carbons (Fsp3) is 0. The van der Waals surface area contributed by atoms with Crippen molar-refractivity contribution < 1.29 is 35.3 Å². The maximum absolute atomic E-state index is 13.5. The molecule has 14 heteroatoms. The molecule has 2 aromatic carbocycles. The molecule has 0 fully saturated rings. The zero-order valence-electron chi connectivity index (χ0n) is 12.0. The molecule has 0 atom stereocenters. The SMILES string of the molecule is O=[N+]([O-])c1cc(S(=O)(=O)NNc2c(F)c(F)c(F)c(F)c2F)ccc1Cl. The molecule has 0 bridgehead atoms. The highest BCUT2D eigenvalue weighted by Gasteiger charge is 2.27. The molecule has 140 valence electrons. The molecule has 0 amide bonds. The van der Waals surface area contributed by atoms with Crippen LogP contribution in [0.2, 0.25) is 5.02 Å². The van der Waals surface area contributed by atoms with Crippen molar-refractivity contribution in [2.24, 2.45) is 0 Å². The van der Waals surface area contributed by atoms with Crippen molar-refractivity contribution in [1.82, 2.24) is 4.83 Å². The summed E-state index contributed by atoms with van der Waals surface area (Å²) in [4.78, 5) is 10.4. The molecule has 2 aromatic rings. The lowest BCUT2D eigenvalue weighted by molar-refractivity contribution is -0.384. The average Bonchev–Trinajstić information content (AvgIpc) is 2.58. The maximum Gasteiger partial charge on any atom is 0.289 e. The Morgan fingerprint density at radius 2 is 1.46 bits per heavy atom. The van der Waals surface area contributed by atoms with Crippen LogP contribution in [0.1, 0.15) is 0 Å². The molecule has 0 aliphatic heterocycles. The van der Waals surface area contributed by atoms with Crippen molar-refractivity contribution in [1.29, 1.82) is 0 Å². The molecule has 0 unspecified atom stereocenters. The van der Waals surface area contributed by atoms with Crippen molar-refractivity contribution in [2.75, 3.05) is 5.43 Å². The first-order valence-electron chi connectivity index (χ1n) is 6.20. The van der Waals surface area contributed by atoms with Crippen molar-refractivity contribution in [3.05, 3.63) is 62.4 Å². The van der Waals surface area contributed by atoms with Gasteiger partial charge >= 0.3 is 0 Å². The van der Waals surface area contributed by atoms with Gasteiger partial charge in [0.15, 0.2) is 23.3 Å². The normalized spacial score (nSPS) is 11.5. The minimum absolute atomic E-state index is 0.387. The quantitative estimate of drug-likeness (QED) is 0.256. The van der Waals surface area contributed by atoms with E-state index >= 15 is 0 Å². The van der Waals surface area contributed by atoms with Gasteiger partial charge in [-0.15, -0.1) is 4.83 Å². The molecule has 0 heterocycles. The highest BCUT2D eigenvalue weighted by molar-refractivity contribution is 7.89. The summed E-state index contributed by atoms with van der Waals surface area (Å²) in [7, 11) is -4.70. The zero-order chi connectivity index (χ0) is 19.8. The molecule has 0 aliphatic carbocycles. The van der Waals surface area contributed by atoms with Crippen LogP contribution in [0.25, 0.3) is 0 Å². The maximum atomic E-state index is 13.5. The number of hydrogen-bond donors (Lipinski definition) is 2. The number of nitro benzene ring substituents is 1. The number of benzene rings is 2. The molecule has 2 N–H and O–H groups in total. The van der Waals surface area contributed by atoms with Gasteiger partial charge in [-0.2, -0.15) is 0 Å². The Morgan fingerprint density at radius 1 is 0.962 bits per heavy atom. The number of sulfonamides is 1. The van der Waals surface area contributed by atoms with E-state index in [-0.39, 0.29) is 5.02 Å². The van der Waals surface area contributed by atoms with Gasteiger partial charge in [0.1, 0.15) is 10.7 Å². The van der Waals surface area contributed by atoms with Crippen LogP contribution in [0, 0.1) is 39.2 Å². The van der Waals surface area contributed by atoms with E-state index in [1.165, 1.54) is 10.3 Å². The zero-order valence-corrected chi connectivity index (χ0v) is 13.6. The Labute approximate surface area is 146 Å². The fourth-order valence-electron chi connectivity index (χ4n) is 1.69. The van der Waals surface area contributed by atoms with E-state index in [0.717, 1.165) is 12.1 Å². The third-order valence-corrected chi connectivity index (χ3v) is 4.51. The second-order valence-corrected chi connectivity index (χ2v) is 6.64. The second-order valence-electron chi connectivity index (χ2n) is 4.55. The lowest BCUT2D eigenvalue weighted by Crippen LogP contribution is -2.31. The van der Waals surface area contributed by atoms with Crippen LogP contribution in [-0.2, 0) is 10.0 Å². The molecule has 0 spiro atoms. The summed E-state index contributed by atoms with van der Waals surface area (Å²) in [5, 5.41) is 10.4. The Balaban J connectivity index is 2.39. The first kappa shape index (κ1) is 19.8. The van der Waals surface area contributed by atoms with Gasteiger partial charge in [-0.3, -0.25) is 10.1 Å². The van der Waals surface area contributed by atoms with Crippen LogP contribution in [0.3, 0.4) is 0 Å². The number of hydrogen-bond acceptors (Lipinski definition) is 5. The number of nitro groups is 1. The number of nitrogens with zero attached hydrogens (tertiary/aromatic N) is 1. The summed E-state index contributed by atoms with van der Waals surface area (Å²) >= 11 is 5.51. The van der Waals surface area contributed by atoms with E-state index in [2.05, 4.69) is 0 Å². The number of hydrazine groups is 1. The smallest absolute Gasteiger partial charge is 0.289 e. The standard InChI is InChI=1S/C12H5ClF5N3O4S/c13-5-2-1-4(3-6(5)21(22)23)26(24,25)20-19-12-10(17)8(15)7(14)9(16)11(12)18/h1-3,19-20H. The minimum Gasteiger partial charge on any atom is -0.302 e. The third kappa shape index (κ3) is 3.54. The van der Waals surface area contributed by atoms with Gasteiger partial charge in [0.25, 0.3) is 15.7 Å². The Hall–Kier alpha value is -2.51. The third-order valence-electron chi connectivity index (χ3n) is 2.94. The molecule has 0 saturated heterocycles. The van der Waals surface area contributed by atoms with E-state index in [9.17, 15) is 40.5 Å². The van der Waals surface area contributed by atoms with Crippen molar-refractivity contribution in [3.63, 3.8) is 0 Å². The molecule has 0 saturated carbocycles. The highest BCUT2D eigenvalue weighted by Crippen LogP contribution is 2.28. The van der Waals surface area contributed by atoms with E-state index < -0.39 is 60.3 Å². The minimum atomic E-state index is -4.70. The summed E-state index contributed by atoms with van der Waals surface area (Å²) in [6, 6.07) is 2.22. The average molecular weight is 418 g/mol. The highest BCUT2D eigenvalue weighted by atomic mass is 35.5. The summed E-state index contributed by atoms with van der Waals surface area (Å²) in [6.45, 7) is 0. The van der Waals surface area contributed by atoms with E-state index in [1.807, 2.05) is 0 Å². The number of rotatable bonds is 5. The van der Waals surface area contributed by atoms with E-state index in [4.69, 9.17) is 11.6 Å². The first-order chi connectivity index (χ1) is 12.0. The summed E-state index contributed by atoms with van der Waals surface area (Å²) < 4.78 is 90.0. The van der Waals surface area contributed by atoms with Crippen molar-refractivity contribution in [3.8, 4) is 0 Å². The topological polar surface area (TPSA) is 101 Å². The second kappa shape index (κ2) is 7.01. The van der Waals surface area contributed by atoms with Gasteiger partial charge in [-0.25, -0.2) is 30.4 Å². The summed E-state index contributed by atoms with van der Waals surface area (Å²) in [5.41, 5.74) is -1.09. The Morgan fingerprint density at radius 3 is 1.96 bits per heavy atom. The number of anilines is 1. The first-order valence-corrected chi connectivity index (χ1v) is 8.06. The van der Waals surface area contributed by atoms with Gasteiger partial charge in [-0.1, -0.05) is 11.6 Å². The summed E-state index contributed by atoms with van der Waals surface area (Å²) in [6.07, 6.45) is 0. The van der Waals surface area contributed by atoms with Crippen LogP contribution in [0.4, 0.5) is 33.3 Å². The van der Waals surface area contributed by atoms with Gasteiger partial charge in [0.2, 0.25) is 5.82 Å². The number of halogens is 6. The lowest BCUT2D eigenvalue weighted by Gasteiger charge is -2.12. The molecule has 2 rings (SSSR count). The van der Waals surface area contributed by atoms with E-state index in [0.29, 0.717) is 6.07 Å². The molecule has 0 aliphatic rings. The molecule has 0 aromatic heterocycles. The van der Waals surface area contributed by atoms with Gasteiger partial charge in [0, 0.05) is 6.07 Å². The lowest BCUT2D eigenvalue weighted by atomic mass is 10.2. The van der Waals surface area contributed by atoms with Crippen molar-refractivity contribution >= 4 is 33.0 Å². The molecule has 7 nitrogen and oxygen atoms in total. The molecular formula is C12H5ClF5N3O4S. The molecule has 26 heavy (non-hydrogen) atoms. The predicted octanol–water partition coefficient (Wildman–Crippen LogP) is 3.25. The van der Waals surface area contributed by atoms with Crippen LogP contribution < -0.4 is 10.3 Å². The fourth-order valence-corrected chi connectivity index (χ4v) is 2.75. The van der Waals surface area contributed by atoms with Crippen LogP contribution >= 0.6 is 11.6 Å². The van der Waals surface area contributed by atoms with Crippen LogP contribution in [0.15, 0.2) is 23.1 Å².